The number of rotatable bonds is 7. The van der Waals surface area contributed by atoms with E-state index in [1.807, 2.05) is 36.5 Å². The van der Waals surface area contributed by atoms with E-state index in [1.165, 1.54) is 36.2 Å². The standard InChI is InChI=1S/C22H21FN4O2/c1-26(16-21(28)25-20-9-5-8-19(23)12-20)22(29)11-10-18-13-24-27(15-18)14-17-6-3-2-4-7-17/h2-13,15H,14,16H2,1H3,(H,25,28)/b11-10+. The van der Waals surface area contributed by atoms with Gasteiger partial charge in [-0.05, 0) is 29.8 Å². The zero-order chi connectivity index (χ0) is 20.6. The van der Waals surface area contributed by atoms with Gasteiger partial charge in [-0.25, -0.2) is 4.39 Å². The van der Waals surface area contributed by atoms with Crippen molar-refractivity contribution in [2.75, 3.05) is 18.9 Å². The molecule has 3 aromatic rings. The minimum Gasteiger partial charge on any atom is -0.333 e. The SMILES string of the molecule is CN(CC(=O)Nc1cccc(F)c1)C(=O)/C=C/c1cnn(Cc2ccccc2)c1. The van der Waals surface area contributed by atoms with Crippen molar-refractivity contribution < 1.29 is 14.0 Å². The van der Waals surface area contributed by atoms with Crippen LogP contribution in [0.1, 0.15) is 11.1 Å². The summed E-state index contributed by atoms with van der Waals surface area (Å²) in [5.74, 6) is -1.17. The largest absolute Gasteiger partial charge is 0.333 e. The molecule has 148 valence electrons. The molecule has 2 aromatic carbocycles. The number of amides is 2. The van der Waals surface area contributed by atoms with Gasteiger partial charge in [0.25, 0.3) is 0 Å². The molecule has 3 rings (SSSR count). The quantitative estimate of drug-likeness (QED) is 0.628. The summed E-state index contributed by atoms with van der Waals surface area (Å²) in [6, 6.07) is 15.5. The number of benzene rings is 2. The first kappa shape index (κ1) is 20.0. The van der Waals surface area contributed by atoms with E-state index in [0.717, 1.165) is 11.1 Å². The first-order chi connectivity index (χ1) is 14.0. The summed E-state index contributed by atoms with van der Waals surface area (Å²) in [6.07, 6.45) is 6.55. The molecule has 0 saturated heterocycles. The fraction of sp³-hybridized carbons (Fsp3) is 0.136. The van der Waals surface area contributed by atoms with E-state index in [0.29, 0.717) is 12.2 Å². The number of carbonyl (C=O) groups is 2. The van der Waals surface area contributed by atoms with Crippen LogP contribution in [0.25, 0.3) is 6.08 Å². The molecular weight excluding hydrogens is 371 g/mol. The highest BCUT2D eigenvalue weighted by molar-refractivity contribution is 5.97. The van der Waals surface area contributed by atoms with Crippen LogP contribution >= 0.6 is 0 Å². The third kappa shape index (κ3) is 6.14. The van der Waals surface area contributed by atoms with Crippen LogP contribution in [0.4, 0.5) is 10.1 Å². The molecule has 0 aliphatic heterocycles. The lowest BCUT2D eigenvalue weighted by Crippen LogP contribution is -2.33. The maximum Gasteiger partial charge on any atom is 0.246 e. The van der Waals surface area contributed by atoms with Crippen molar-refractivity contribution >= 4 is 23.6 Å². The predicted molar refractivity (Wildman–Crippen MR) is 109 cm³/mol. The van der Waals surface area contributed by atoms with Crippen molar-refractivity contribution in [3.8, 4) is 0 Å². The zero-order valence-electron chi connectivity index (χ0n) is 16.0. The van der Waals surface area contributed by atoms with Gasteiger partial charge < -0.3 is 10.2 Å². The number of hydrogen-bond donors (Lipinski definition) is 1. The topological polar surface area (TPSA) is 67.2 Å². The molecule has 6 nitrogen and oxygen atoms in total. The van der Waals surface area contributed by atoms with E-state index in [4.69, 9.17) is 0 Å². The molecule has 0 saturated carbocycles. The molecule has 0 atom stereocenters. The molecule has 1 aromatic heterocycles. The lowest BCUT2D eigenvalue weighted by Gasteiger charge is -2.14. The second-order valence-electron chi connectivity index (χ2n) is 6.54. The summed E-state index contributed by atoms with van der Waals surface area (Å²) in [5, 5.41) is 6.84. The number of halogens is 1. The van der Waals surface area contributed by atoms with Gasteiger partial charge in [-0.2, -0.15) is 5.10 Å². The van der Waals surface area contributed by atoms with Gasteiger partial charge in [0.2, 0.25) is 11.8 Å². The van der Waals surface area contributed by atoms with Crippen molar-refractivity contribution in [3.63, 3.8) is 0 Å². The monoisotopic (exact) mass is 392 g/mol. The minimum atomic E-state index is -0.442. The Morgan fingerprint density at radius 3 is 2.72 bits per heavy atom. The van der Waals surface area contributed by atoms with Crippen LogP contribution in [0.5, 0.6) is 0 Å². The number of nitrogens with zero attached hydrogens (tertiary/aromatic N) is 3. The van der Waals surface area contributed by atoms with Crippen LogP contribution in [0.2, 0.25) is 0 Å². The van der Waals surface area contributed by atoms with Gasteiger partial charge in [-0.1, -0.05) is 36.4 Å². The van der Waals surface area contributed by atoms with Gasteiger partial charge in [0.15, 0.2) is 0 Å². The highest BCUT2D eigenvalue weighted by atomic mass is 19.1. The van der Waals surface area contributed by atoms with E-state index in [-0.39, 0.29) is 12.5 Å². The van der Waals surface area contributed by atoms with Gasteiger partial charge in [-0.3, -0.25) is 14.3 Å². The van der Waals surface area contributed by atoms with Crippen LogP contribution in [0.15, 0.2) is 73.1 Å². The smallest absolute Gasteiger partial charge is 0.246 e. The Hall–Kier alpha value is -3.74. The van der Waals surface area contributed by atoms with Gasteiger partial charge >= 0.3 is 0 Å². The summed E-state index contributed by atoms with van der Waals surface area (Å²) in [7, 11) is 1.52. The lowest BCUT2D eigenvalue weighted by atomic mass is 10.2. The van der Waals surface area contributed by atoms with E-state index >= 15 is 0 Å². The highest BCUT2D eigenvalue weighted by Gasteiger charge is 2.11. The van der Waals surface area contributed by atoms with Crippen LogP contribution in [0.3, 0.4) is 0 Å². The lowest BCUT2D eigenvalue weighted by molar-refractivity contribution is -0.129. The van der Waals surface area contributed by atoms with Crippen molar-refractivity contribution in [3.05, 3.63) is 90.0 Å². The van der Waals surface area contributed by atoms with Crippen LogP contribution in [-0.2, 0) is 16.1 Å². The van der Waals surface area contributed by atoms with E-state index < -0.39 is 11.7 Å². The summed E-state index contributed by atoms with van der Waals surface area (Å²) < 4.78 is 14.9. The van der Waals surface area contributed by atoms with E-state index in [1.54, 1.807) is 23.0 Å². The van der Waals surface area contributed by atoms with Gasteiger partial charge in [0, 0.05) is 30.6 Å². The third-order valence-electron chi connectivity index (χ3n) is 4.12. The van der Waals surface area contributed by atoms with Gasteiger partial charge in [0.1, 0.15) is 5.82 Å². The number of hydrogen-bond acceptors (Lipinski definition) is 3. The molecule has 0 bridgehead atoms. The molecule has 0 unspecified atom stereocenters. The molecule has 0 radical (unpaired) electrons. The third-order valence-corrected chi connectivity index (χ3v) is 4.12. The summed E-state index contributed by atoms with van der Waals surface area (Å²) in [6.45, 7) is 0.496. The zero-order valence-corrected chi connectivity index (χ0v) is 16.0. The van der Waals surface area contributed by atoms with Crippen LogP contribution < -0.4 is 5.32 Å². The van der Waals surface area contributed by atoms with Crippen molar-refractivity contribution in [1.29, 1.82) is 0 Å². The van der Waals surface area contributed by atoms with Gasteiger partial charge in [0.05, 0.1) is 19.3 Å². The number of carbonyl (C=O) groups excluding carboxylic acids is 2. The molecule has 7 heteroatoms. The summed E-state index contributed by atoms with van der Waals surface area (Å²) in [4.78, 5) is 25.5. The first-order valence-corrected chi connectivity index (χ1v) is 9.04. The fourth-order valence-electron chi connectivity index (χ4n) is 2.68. The predicted octanol–water partition coefficient (Wildman–Crippen LogP) is 3.18. The molecule has 0 spiro atoms. The Kier molecular flexibility index (Phi) is 6.52. The number of nitrogens with one attached hydrogen (secondary N) is 1. The maximum atomic E-state index is 13.2. The molecule has 1 N–H and O–H groups in total. The Bertz CT molecular complexity index is 1010. The van der Waals surface area contributed by atoms with Crippen LogP contribution in [0, 0.1) is 5.82 Å². The van der Waals surface area contributed by atoms with Crippen molar-refractivity contribution in [1.82, 2.24) is 14.7 Å². The Labute approximate surface area is 168 Å². The highest BCUT2D eigenvalue weighted by Crippen LogP contribution is 2.09. The molecule has 1 heterocycles. The van der Waals surface area contributed by atoms with Crippen molar-refractivity contribution in [2.24, 2.45) is 0 Å². The van der Waals surface area contributed by atoms with Crippen LogP contribution in [-0.4, -0.2) is 40.1 Å². The summed E-state index contributed by atoms with van der Waals surface area (Å²) >= 11 is 0. The molecule has 0 fully saturated rings. The Morgan fingerprint density at radius 2 is 1.97 bits per heavy atom. The van der Waals surface area contributed by atoms with E-state index in [9.17, 15) is 14.0 Å². The molecule has 0 aliphatic carbocycles. The Morgan fingerprint density at radius 1 is 1.17 bits per heavy atom. The number of likely N-dealkylation sites (N-methyl/N-ethyl adjacent to an activating group) is 1. The number of aromatic nitrogens is 2. The average molecular weight is 392 g/mol. The normalized spacial score (nSPS) is 10.8. The molecular formula is C22H21FN4O2. The second-order valence-corrected chi connectivity index (χ2v) is 6.54. The van der Waals surface area contributed by atoms with E-state index in [2.05, 4.69) is 10.4 Å². The average Bonchev–Trinajstić information content (AvgIpc) is 3.14. The minimum absolute atomic E-state index is 0.146. The second kappa shape index (κ2) is 9.45. The maximum absolute atomic E-state index is 13.2. The van der Waals surface area contributed by atoms with Gasteiger partial charge in [-0.15, -0.1) is 0 Å². The molecule has 29 heavy (non-hydrogen) atoms. The Balaban J connectivity index is 1.51. The number of anilines is 1. The first-order valence-electron chi connectivity index (χ1n) is 9.04. The van der Waals surface area contributed by atoms with Crippen molar-refractivity contribution in [2.45, 2.75) is 6.54 Å². The fourth-order valence-corrected chi connectivity index (χ4v) is 2.68. The molecule has 2 amide bonds. The molecule has 0 aliphatic rings. The summed E-state index contributed by atoms with van der Waals surface area (Å²) in [5.41, 5.74) is 2.26.